The Hall–Kier alpha value is -4.66. The Balaban J connectivity index is 1.26. The third-order valence-corrected chi connectivity index (χ3v) is 6.83. The van der Waals surface area contributed by atoms with Crippen molar-refractivity contribution in [3.05, 3.63) is 67.4 Å². The summed E-state index contributed by atoms with van der Waals surface area (Å²) in [6, 6.07) is 11.7. The van der Waals surface area contributed by atoms with Gasteiger partial charge in [-0.25, -0.2) is 9.97 Å². The van der Waals surface area contributed by atoms with Crippen molar-refractivity contribution in [1.82, 2.24) is 40.1 Å². The number of ether oxygens (including phenoxy) is 1. The van der Waals surface area contributed by atoms with Crippen LogP contribution in [0.3, 0.4) is 0 Å². The van der Waals surface area contributed by atoms with Gasteiger partial charge in [0.1, 0.15) is 16.8 Å². The molecule has 9 heteroatoms. The van der Waals surface area contributed by atoms with Crippen LogP contribution in [0.5, 0.6) is 5.75 Å². The van der Waals surface area contributed by atoms with E-state index in [4.69, 9.17) is 14.7 Å². The molecular weight excluding hydrogens is 464 g/mol. The Morgan fingerprint density at radius 1 is 0.784 bits per heavy atom. The van der Waals surface area contributed by atoms with Gasteiger partial charge in [-0.05, 0) is 62.1 Å². The molecule has 0 aromatic carbocycles. The lowest BCUT2D eigenvalue weighted by molar-refractivity contribution is 0.154. The first-order valence-corrected chi connectivity index (χ1v) is 12.5. The molecule has 9 nitrogen and oxygen atoms in total. The Labute approximate surface area is 212 Å². The van der Waals surface area contributed by atoms with Crippen molar-refractivity contribution in [2.45, 2.75) is 38.2 Å². The van der Waals surface area contributed by atoms with Gasteiger partial charge in [0.25, 0.3) is 0 Å². The fourth-order valence-electron chi connectivity index (χ4n) is 4.99. The van der Waals surface area contributed by atoms with Crippen LogP contribution in [0.2, 0.25) is 0 Å². The lowest BCUT2D eigenvalue weighted by Gasteiger charge is -2.22. The summed E-state index contributed by atoms with van der Waals surface area (Å²) in [5.41, 5.74) is 7.19. The minimum absolute atomic E-state index is 0.265. The second kappa shape index (κ2) is 9.09. The quantitative estimate of drug-likeness (QED) is 0.318. The molecule has 0 amide bonds. The Morgan fingerprint density at radius 3 is 2.57 bits per heavy atom. The molecule has 1 fully saturated rings. The van der Waals surface area contributed by atoms with Crippen LogP contribution in [-0.2, 0) is 0 Å². The summed E-state index contributed by atoms with van der Waals surface area (Å²) in [4.78, 5) is 26.4. The van der Waals surface area contributed by atoms with Crippen molar-refractivity contribution >= 4 is 22.1 Å². The van der Waals surface area contributed by atoms with Crippen LogP contribution in [0.1, 0.15) is 32.1 Å². The molecule has 0 bridgehead atoms. The normalized spacial score (nSPS) is 14.4. The number of imidazole rings is 1. The largest absolute Gasteiger partial charge is 0.489 e. The number of nitrogens with one attached hydrogen (secondary N) is 2. The van der Waals surface area contributed by atoms with E-state index in [2.05, 4.69) is 30.1 Å². The summed E-state index contributed by atoms with van der Waals surface area (Å²) >= 11 is 0. The molecular formula is C28H24N8O. The first kappa shape index (κ1) is 21.6. The average Bonchev–Trinajstić information content (AvgIpc) is 3.58. The molecule has 0 atom stereocenters. The van der Waals surface area contributed by atoms with Crippen LogP contribution in [0.4, 0.5) is 0 Å². The molecule has 7 rings (SSSR count). The molecule has 0 saturated heterocycles. The van der Waals surface area contributed by atoms with Crippen LogP contribution < -0.4 is 4.74 Å². The molecule has 0 unspecified atom stereocenters. The minimum atomic E-state index is 0.265. The minimum Gasteiger partial charge on any atom is -0.489 e. The molecule has 37 heavy (non-hydrogen) atoms. The van der Waals surface area contributed by atoms with E-state index in [1.807, 2.05) is 42.6 Å². The van der Waals surface area contributed by atoms with Crippen molar-refractivity contribution in [2.75, 3.05) is 0 Å². The number of rotatable bonds is 5. The Kier molecular flexibility index (Phi) is 5.31. The molecule has 6 heterocycles. The highest BCUT2D eigenvalue weighted by Gasteiger charge is 2.18. The third kappa shape index (κ3) is 4.08. The van der Waals surface area contributed by atoms with E-state index in [-0.39, 0.29) is 6.10 Å². The van der Waals surface area contributed by atoms with Gasteiger partial charge in [-0.3, -0.25) is 20.1 Å². The highest BCUT2D eigenvalue weighted by molar-refractivity contribution is 5.94. The second-order valence-corrected chi connectivity index (χ2v) is 9.33. The number of fused-ring (bicyclic) bond motifs is 2. The maximum absolute atomic E-state index is 6.23. The number of pyridine rings is 4. The standard InChI is InChI=1S/C28H24N8O/c1-2-6-19(7-3-1)37-20-13-18(15-30-16-20)21-8-9-23-26(32-21)27(36-35-23)28-33-22-10-12-31-24(25(22)34-28)17-5-4-11-29-14-17/h4-5,8-16,19H,1-3,6-7H2,(H,33,34)(H,35,36). The monoisotopic (exact) mass is 488 g/mol. The number of hydrogen-bond donors (Lipinski definition) is 2. The van der Waals surface area contributed by atoms with Crippen LogP contribution in [-0.4, -0.2) is 46.2 Å². The number of hydrogen-bond acceptors (Lipinski definition) is 7. The van der Waals surface area contributed by atoms with Crippen molar-refractivity contribution in [2.24, 2.45) is 0 Å². The van der Waals surface area contributed by atoms with Crippen molar-refractivity contribution in [1.29, 1.82) is 0 Å². The van der Waals surface area contributed by atoms with E-state index in [9.17, 15) is 0 Å². The van der Waals surface area contributed by atoms with Crippen LogP contribution >= 0.6 is 0 Å². The van der Waals surface area contributed by atoms with Gasteiger partial charge in [0.15, 0.2) is 11.5 Å². The third-order valence-electron chi connectivity index (χ3n) is 6.83. The fraction of sp³-hybridized carbons (Fsp3) is 0.214. The highest BCUT2D eigenvalue weighted by Crippen LogP contribution is 2.31. The lowest BCUT2D eigenvalue weighted by atomic mass is 9.98. The maximum atomic E-state index is 6.23. The van der Waals surface area contributed by atoms with Gasteiger partial charge in [-0.2, -0.15) is 5.10 Å². The molecule has 182 valence electrons. The van der Waals surface area contributed by atoms with E-state index in [1.54, 1.807) is 24.8 Å². The van der Waals surface area contributed by atoms with Crippen molar-refractivity contribution in [3.63, 3.8) is 0 Å². The molecule has 0 aliphatic heterocycles. The summed E-state index contributed by atoms with van der Waals surface area (Å²) in [7, 11) is 0. The summed E-state index contributed by atoms with van der Waals surface area (Å²) in [5, 5.41) is 7.62. The topological polar surface area (TPSA) is 118 Å². The molecule has 0 spiro atoms. The van der Waals surface area contributed by atoms with Crippen molar-refractivity contribution < 1.29 is 4.74 Å². The number of H-pyrrole nitrogens is 2. The first-order valence-electron chi connectivity index (χ1n) is 12.5. The predicted octanol–water partition coefficient (Wildman–Crippen LogP) is 5.73. The molecule has 1 aliphatic carbocycles. The average molecular weight is 489 g/mol. The van der Waals surface area contributed by atoms with E-state index in [0.29, 0.717) is 11.5 Å². The Morgan fingerprint density at radius 2 is 1.68 bits per heavy atom. The molecule has 1 aliphatic rings. The maximum Gasteiger partial charge on any atom is 0.161 e. The van der Waals surface area contributed by atoms with Gasteiger partial charge in [0, 0.05) is 35.9 Å². The van der Waals surface area contributed by atoms with E-state index < -0.39 is 0 Å². The van der Waals surface area contributed by atoms with Gasteiger partial charge < -0.3 is 9.72 Å². The second-order valence-electron chi connectivity index (χ2n) is 9.33. The SMILES string of the molecule is c1cncc(-c2nccc3[nH]c(-c4n[nH]c5ccc(-c6cncc(OC7CCCCC7)c6)nc45)nc23)c1. The van der Waals surface area contributed by atoms with E-state index >= 15 is 0 Å². The Bertz CT molecular complexity index is 1700. The van der Waals surface area contributed by atoms with Gasteiger partial charge in [0.05, 0.1) is 34.7 Å². The van der Waals surface area contributed by atoms with Crippen LogP contribution in [0, 0.1) is 0 Å². The summed E-state index contributed by atoms with van der Waals surface area (Å²) in [6.07, 6.45) is 15.1. The fourth-order valence-corrected chi connectivity index (χ4v) is 4.99. The zero-order valence-corrected chi connectivity index (χ0v) is 20.1. The summed E-state index contributed by atoms with van der Waals surface area (Å²) in [5.74, 6) is 1.41. The highest BCUT2D eigenvalue weighted by atomic mass is 16.5. The number of aromatic amines is 2. The molecule has 2 N–H and O–H groups in total. The predicted molar refractivity (Wildman–Crippen MR) is 141 cm³/mol. The lowest BCUT2D eigenvalue weighted by Crippen LogP contribution is -2.19. The van der Waals surface area contributed by atoms with Crippen LogP contribution in [0.15, 0.2) is 67.4 Å². The number of nitrogens with zero attached hydrogens (tertiary/aromatic N) is 6. The van der Waals surface area contributed by atoms with E-state index in [1.165, 1.54) is 19.3 Å². The zero-order valence-electron chi connectivity index (χ0n) is 20.1. The molecule has 1 saturated carbocycles. The summed E-state index contributed by atoms with van der Waals surface area (Å²) < 4.78 is 6.23. The number of aromatic nitrogens is 8. The van der Waals surface area contributed by atoms with Gasteiger partial charge >= 0.3 is 0 Å². The summed E-state index contributed by atoms with van der Waals surface area (Å²) in [6.45, 7) is 0. The molecule has 6 aromatic rings. The van der Waals surface area contributed by atoms with Gasteiger partial charge in [0.2, 0.25) is 0 Å². The smallest absolute Gasteiger partial charge is 0.161 e. The van der Waals surface area contributed by atoms with Crippen LogP contribution in [0.25, 0.3) is 56.1 Å². The molecule has 0 radical (unpaired) electrons. The van der Waals surface area contributed by atoms with Crippen molar-refractivity contribution in [3.8, 4) is 39.8 Å². The van der Waals surface area contributed by atoms with Gasteiger partial charge in [-0.15, -0.1) is 0 Å². The molecule has 6 aromatic heterocycles. The van der Waals surface area contributed by atoms with E-state index in [0.717, 1.165) is 63.2 Å². The first-order chi connectivity index (χ1) is 18.3. The van der Waals surface area contributed by atoms with Gasteiger partial charge in [-0.1, -0.05) is 6.42 Å². The zero-order chi connectivity index (χ0) is 24.6.